The van der Waals surface area contributed by atoms with Crippen LogP contribution in [0.3, 0.4) is 0 Å². The third-order valence-corrected chi connectivity index (χ3v) is 3.01. The van der Waals surface area contributed by atoms with Gasteiger partial charge in [0.15, 0.2) is 0 Å². The molecule has 27 heavy (non-hydrogen) atoms. The summed E-state index contributed by atoms with van der Waals surface area (Å²) < 4.78 is 30.4. The minimum atomic E-state index is -0.559. The van der Waals surface area contributed by atoms with E-state index in [-0.39, 0.29) is 24.8 Å². The topological polar surface area (TPSA) is 92.2 Å². The zero-order valence-corrected chi connectivity index (χ0v) is 14.1. The molecule has 2 amide bonds. The van der Waals surface area contributed by atoms with Crippen molar-refractivity contribution in [3.05, 3.63) is 71.3 Å². The number of hydrazone groups is 2. The molecule has 0 radical (unpaired) electrons. The van der Waals surface area contributed by atoms with Crippen LogP contribution in [0.15, 0.2) is 58.7 Å². The van der Waals surface area contributed by atoms with Gasteiger partial charge < -0.3 is 4.74 Å². The molecule has 140 valence electrons. The van der Waals surface area contributed by atoms with E-state index in [0.29, 0.717) is 11.1 Å². The van der Waals surface area contributed by atoms with Crippen LogP contribution in [-0.2, 0) is 14.3 Å². The molecule has 0 bridgehead atoms. The molecule has 0 heterocycles. The van der Waals surface area contributed by atoms with E-state index in [0.717, 1.165) is 0 Å². The average Bonchev–Trinajstić information content (AvgIpc) is 2.65. The van der Waals surface area contributed by atoms with Gasteiger partial charge in [0.05, 0.1) is 12.4 Å². The summed E-state index contributed by atoms with van der Waals surface area (Å²) in [5.74, 6) is -1.86. The molecule has 0 fully saturated rings. The molecule has 0 atom stereocenters. The molecule has 0 unspecified atom stereocenters. The lowest BCUT2D eigenvalue weighted by molar-refractivity contribution is -0.130. The molecule has 2 aromatic carbocycles. The predicted octanol–water partition coefficient (Wildman–Crippen LogP) is 1.58. The van der Waals surface area contributed by atoms with Gasteiger partial charge >= 0.3 is 0 Å². The molecule has 9 heteroatoms. The van der Waals surface area contributed by atoms with Gasteiger partial charge in [-0.15, -0.1) is 0 Å². The first-order valence-corrected chi connectivity index (χ1v) is 7.75. The summed E-state index contributed by atoms with van der Waals surface area (Å²) in [6, 6.07) is 11.1. The SMILES string of the molecule is O=C(COCC(=O)N/N=C/c1ccc(F)cc1)N/N=C/c1ccc(F)cc1. The zero-order valence-electron chi connectivity index (χ0n) is 14.1. The van der Waals surface area contributed by atoms with Crippen molar-refractivity contribution in [2.75, 3.05) is 13.2 Å². The highest BCUT2D eigenvalue weighted by Crippen LogP contribution is 2.00. The van der Waals surface area contributed by atoms with Gasteiger partial charge in [-0.25, -0.2) is 19.6 Å². The van der Waals surface area contributed by atoms with E-state index in [1.54, 1.807) is 0 Å². The van der Waals surface area contributed by atoms with Crippen molar-refractivity contribution >= 4 is 24.2 Å². The summed E-state index contributed by atoms with van der Waals surface area (Å²) in [6.07, 6.45) is 2.68. The van der Waals surface area contributed by atoms with Crippen LogP contribution in [0.4, 0.5) is 8.78 Å². The number of halogens is 2. The second-order valence-electron chi connectivity index (χ2n) is 5.18. The van der Waals surface area contributed by atoms with Gasteiger partial charge in [-0.3, -0.25) is 9.59 Å². The molecule has 0 aliphatic rings. The summed E-state index contributed by atoms with van der Waals surface area (Å²) in [5, 5.41) is 7.36. The smallest absolute Gasteiger partial charge is 0.266 e. The molecule has 0 saturated carbocycles. The fraction of sp³-hybridized carbons (Fsp3) is 0.111. The maximum atomic E-state index is 12.7. The van der Waals surface area contributed by atoms with Crippen molar-refractivity contribution in [2.24, 2.45) is 10.2 Å². The fourth-order valence-electron chi connectivity index (χ4n) is 1.76. The number of hydrogen-bond acceptors (Lipinski definition) is 5. The van der Waals surface area contributed by atoms with E-state index in [1.165, 1.54) is 61.0 Å². The second kappa shape index (κ2) is 10.5. The minimum Gasteiger partial charge on any atom is -0.362 e. The maximum Gasteiger partial charge on any atom is 0.266 e. The Labute approximate surface area is 153 Å². The first kappa shape index (κ1) is 19.9. The Balaban J connectivity index is 1.61. The number of nitrogens with one attached hydrogen (secondary N) is 2. The van der Waals surface area contributed by atoms with Crippen LogP contribution in [-0.4, -0.2) is 37.5 Å². The second-order valence-corrected chi connectivity index (χ2v) is 5.18. The molecule has 2 rings (SSSR count). The van der Waals surface area contributed by atoms with Crippen LogP contribution < -0.4 is 10.9 Å². The number of amides is 2. The monoisotopic (exact) mass is 374 g/mol. The van der Waals surface area contributed by atoms with Gasteiger partial charge in [0.1, 0.15) is 24.8 Å². The Kier molecular flexibility index (Phi) is 7.73. The van der Waals surface area contributed by atoms with E-state index in [4.69, 9.17) is 4.74 Å². The van der Waals surface area contributed by atoms with E-state index in [9.17, 15) is 18.4 Å². The Morgan fingerprint density at radius 2 is 1.15 bits per heavy atom. The normalized spacial score (nSPS) is 11.0. The molecular weight excluding hydrogens is 358 g/mol. The van der Waals surface area contributed by atoms with Gasteiger partial charge in [-0.1, -0.05) is 24.3 Å². The summed E-state index contributed by atoms with van der Waals surface area (Å²) in [4.78, 5) is 23.0. The van der Waals surface area contributed by atoms with Gasteiger partial charge in [0, 0.05) is 0 Å². The van der Waals surface area contributed by atoms with Crippen molar-refractivity contribution in [1.82, 2.24) is 10.9 Å². The molecule has 2 N–H and O–H groups in total. The lowest BCUT2D eigenvalue weighted by Gasteiger charge is -2.02. The number of hydrogen-bond donors (Lipinski definition) is 2. The maximum absolute atomic E-state index is 12.7. The summed E-state index contributed by atoms with van der Waals surface area (Å²) in [7, 11) is 0. The van der Waals surface area contributed by atoms with Gasteiger partial charge in [0.25, 0.3) is 11.8 Å². The van der Waals surface area contributed by atoms with Gasteiger partial charge in [0.2, 0.25) is 0 Å². The van der Waals surface area contributed by atoms with Crippen LogP contribution >= 0.6 is 0 Å². The van der Waals surface area contributed by atoms with E-state index >= 15 is 0 Å². The van der Waals surface area contributed by atoms with Crippen LogP contribution in [0, 0.1) is 11.6 Å². The zero-order chi connectivity index (χ0) is 19.5. The molecule has 0 saturated heterocycles. The van der Waals surface area contributed by atoms with Crippen LogP contribution in [0.25, 0.3) is 0 Å². The quantitative estimate of drug-likeness (QED) is 0.543. The van der Waals surface area contributed by atoms with E-state index in [2.05, 4.69) is 21.1 Å². The molecule has 7 nitrogen and oxygen atoms in total. The van der Waals surface area contributed by atoms with E-state index < -0.39 is 11.8 Å². The van der Waals surface area contributed by atoms with Crippen molar-refractivity contribution in [3.8, 4) is 0 Å². The highest BCUT2D eigenvalue weighted by molar-refractivity contribution is 5.84. The minimum absolute atomic E-state index is 0.370. The Hall–Kier alpha value is -3.46. The first-order valence-electron chi connectivity index (χ1n) is 7.75. The van der Waals surface area contributed by atoms with Crippen molar-refractivity contribution in [1.29, 1.82) is 0 Å². The standard InChI is InChI=1S/C18H16F2N4O3/c19-15-5-1-13(2-6-15)9-21-23-17(25)11-27-12-18(26)24-22-10-14-3-7-16(20)8-4-14/h1-10H,11-12H2,(H,23,25)(H,24,26)/b21-9+,22-10+. The molecule has 0 spiro atoms. The van der Waals surface area contributed by atoms with Gasteiger partial charge in [-0.05, 0) is 35.4 Å². The molecule has 2 aromatic rings. The fourth-order valence-corrected chi connectivity index (χ4v) is 1.76. The largest absolute Gasteiger partial charge is 0.362 e. The summed E-state index contributed by atoms with van der Waals surface area (Å²) in [5.41, 5.74) is 5.63. The number of ether oxygens (including phenoxy) is 1. The molecule has 0 aromatic heterocycles. The number of rotatable bonds is 8. The summed E-state index contributed by atoms with van der Waals surface area (Å²) >= 11 is 0. The third kappa shape index (κ3) is 7.97. The molecular formula is C18H16F2N4O3. The Bertz CT molecular complexity index is 752. The Morgan fingerprint density at radius 3 is 1.52 bits per heavy atom. The van der Waals surface area contributed by atoms with Crippen molar-refractivity contribution in [3.63, 3.8) is 0 Å². The lowest BCUT2D eigenvalue weighted by Crippen LogP contribution is -2.28. The number of carbonyl (C=O) groups excluding carboxylic acids is 2. The number of carbonyl (C=O) groups is 2. The van der Waals surface area contributed by atoms with Gasteiger partial charge in [-0.2, -0.15) is 10.2 Å². The van der Waals surface area contributed by atoms with Crippen LogP contribution in [0.2, 0.25) is 0 Å². The van der Waals surface area contributed by atoms with E-state index in [1.807, 2.05) is 0 Å². The molecule has 0 aliphatic carbocycles. The Morgan fingerprint density at radius 1 is 0.778 bits per heavy atom. The molecule has 0 aliphatic heterocycles. The van der Waals surface area contributed by atoms with Crippen LogP contribution in [0.1, 0.15) is 11.1 Å². The van der Waals surface area contributed by atoms with Crippen molar-refractivity contribution in [2.45, 2.75) is 0 Å². The lowest BCUT2D eigenvalue weighted by atomic mass is 10.2. The van der Waals surface area contributed by atoms with Crippen molar-refractivity contribution < 1.29 is 23.1 Å². The highest BCUT2D eigenvalue weighted by atomic mass is 19.1. The first-order chi connectivity index (χ1) is 13.0. The number of benzene rings is 2. The number of nitrogens with zero attached hydrogens (tertiary/aromatic N) is 2. The average molecular weight is 374 g/mol. The highest BCUT2D eigenvalue weighted by Gasteiger charge is 2.03. The van der Waals surface area contributed by atoms with Crippen LogP contribution in [0.5, 0.6) is 0 Å². The summed E-state index contributed by atoms with van der Waals surface area (Å²) in [6.45, 7) is -0.758. The third-order valence-electron chi connectivity index (χ3n) is 3.01. The predicted molar refractivity (Wildman–Crippen MR) is 95.1 cm³/mol.